The molecule has 0 saturated carbocycles. The molecule has 0 unspecified atom stereocenters. The summed E-state index contributed by atoms with van der Waals surface area (Å²) in [5.74, 6) is 1.90. The SMILES string of the molecule is Clc1ccc2c3ccc(-c4cccc(-c5nc(-c6ccccc6)nc(-c6ccccc6)n5)c4)cc3c3oc4ccccc4c3c2c1.[BH4-]. The van der Waals surface area contributed by atoms with E-state index in [0.717, 1.165) is 71.3 Å². The van der Waals surface area contributed by atoms with Gasteiger partial charge in [0.25, 0.3) is 0 Å². The third kappa shape index (κ3) is 4.93. The Hall–Kier alpha value is -5.78. The maximum absolute atomic E-state index is 6.54. The Morgan fingerprint density at radius 1 is 0.404 bits per heavy atom. The van der Waals surface area contributed by atoms with Crippen molar-refractivity contribution in [3.05, 3.63) is 151 Å². The van der Waals surface area contributed by atoms with E-state index in [2.05, 4.69) is 54.6 Å². The van der Waals surface area contributed by atoms with Crippen LogP contribution in [0.1, 0.15) is 0 Å². The van der Waals surface area contributed by atoms with Crippen molar-refractivity contribution in [3.63, 3.8) is 0 Å². The Morgan fingerprint density at radius 2 is 0.957 bits per heavy atom. The molecule has 9 rings (SSSR count). The lowest BCUT2D eigenvalue weighted by atomic mass is 9.94. The minimum absolute atomic E-state index is 0. The van der Waals surface area contributed by atoms with Gasteiger partial charge in [0.1, 0.15) is 11.2 Å². The number of nitrogens with zero attached hydrogens (tertiary/aromatic N) is 3. The molecule has 0 fully saturated rings. The molecule has 224 valence electrons. The molecule has 2 heterocycles. The number of benzene rings is 7. The first-order chi connectivity index (χ1) is 22.7. The Labute approximate surface area is 277 Å². The van der Waals surface area contributed by atoms with Gasteiger partial charge in [-0.05, 0) is 57.6 Å². The first kappa shape index (κ1) is 28.7. The zero-order valence-corrected chi connectivity index (χ0v) is 25.2. The van der Waals surface area contributed by atoms with Gasteiger partial charge in [0.15, 0.2) is 17.5 Å². The lowest BCUT2D eigenvalue weighted by Crippen LogP contribution is -2.00. The second-order valence-corrected chi connectivity index (χ2v) is 11.8. The molecule has 0 aliphatic rings. The van der Waals surface area contributed by atoms with E-state index in [0.29, 0.717) is 22.5 Å². The van der Waals surface area contributed by atoms with Gasteiger partial charge in [0.2, 0.25) is 0 Å². The first-order valence-corrected chi connectivity index (χ1v) is 15.5. The molecule has 0 saturated heterocycles. The van der Waals surface area contributed by atoms with Crippen molar-refractivity contribution in [2.24, 2.45) is 0 Å². The van der Waals surface area contributed by atoms with Gasteiger partial charge in [0.05, 0.1) is 0 Å². The fourth-order valence-electron chi connectivity index (χ4n) is 6.38. The van der Waals surface area contributed by atoms with Gasteiger partial charge in [-0.25, -0.2) is 15.0 Å². The highest BCUT2D eigenvalue weighted by Crippen LogP contribution is 2.43. The van der Waals surface area contributed by atoms with Crippen molar-refractivity contribution < 1.29 is 4.42 Å². The predicted molar refractivity (Wildman–Crippen MR) is 200 cm³/mol. The summed E-state index contributed by atoms with van der Waals surface area (Å²) in [6.45, 7) is 0. The van der Waals surface area contributed by atoms with Crippen LogP contribution in [0.15, 0.2) is 150 Å². The normalized spacial score (nSPS) is 11.3. The van der Waals surface area contributed by atoms with Crippen LogP contribution in [0.2, 0.25) is 5.02 Å². The van der Waals surface area contributed by atoms with Crippen LogP contribution in [-0.4, -0.2) is 23.4 Å². The van der Waals surface area contributed by atoms with Crippen molar-refractivity contribution in [2.45, 2.75) is 0 Å². The molecule has 0 spiro atoms. The van der Waals surface area contributed by atoms with Crippen molar-refractivity contribution in [1.82, 2.24) is 15.0 Å². The summed E-state index contributed by atoms with van der Waals surface area (Å²) in [6.07, 6.45) is 0. The fourth-order valence-corrected chi connectivity index (χ4v) is 6.55. The number of para-hydroxylation sites is 1. The topological polar surface area (TPSA) is 51.8 Å². The lowest BCUT2D eigenvalue weighted by Gasteiger charge is -2.11. The third-order valence-corrected chi connectivity index (χ3v) is 8.79. The lowest BCUT2D eigenvalue weighted by molar-refractivity contribution is 0.673. The minimum Gasteiger partial charge on any atom is -0.455 e. The van der Waals surface area contributed by atoms with Crippen LogP contribution in [0.4, 0.5) is 0 Å². The number of fused-ring (bicyclic) bond motifs is 8. The second kappa shape index (κ2) is 11.5. The quantitative estimate of drug-likeness (QED) is 0.144. The summed E-state index contributed by atoms with van der Waals surface area (Å²) in [7, 11) is 0. The zero-order chi connectivity index (χ0) is 30.6. The molecule has 0 bridgehead atoms. The number of rotatable bonds is 4. The van der Waals surface area contributed by atoms with E-state index < -0.39 is 0 Å². The predicted octanol–water partition coefficient (Wildman–Crippen LogP) is 9.95. The van der Waals surface area contributed by atoms with Crippen LogP contribution < -0.4 is 0 Å². The smallest absolute Gasteiger partial charge is 0.164 e. The molecule has 47 heavy (non-hydrogen) atoms. The molecular weight excluding hydrogens is 597 g/mol. The molecule has 0 aliphatic heterocycles. The number of halogens is 1. The van der Waals surface area contributed by atoms with Crippen LogP contribution in [0.5, 0.6) is 0 Å². The van der Waals surface area contributed by atoms with E-state index >= 15 is 0 Å². The van der Waals surface area contributed by atoms with Crippen LogP contribution in [-0.2, 0) is 0 Å². The zero-order valence-electron chi connectivity index (χ0n) is 24.5. The van der Waals surface area contributed by atoms with Crippen molar-refractivity contribution in [1.29, 1.82) is 0 Å². The van der Waals surface area contributed by atoms with Crippen molar-refractivity contribution >= 4 is 63.5 Å². The summed E-state index contributed by atoms with van der Waals surface area (Å²) in [4.78, 5) is 14.7. The van der Waals surface area contributed by atoms with E-state index in [1.54, 1.807) is 0 Å². The van der Waals surface area contributed by atoms with Crippen molar-refractivity contribution in [3.8, 4) is 45.3 Å². The van der Waals surface area contributed by atoms with Gasteiger partial charge in [-0.2, -0.15) is 0 Å². The minimum atomic E-state index is 0. The molecular formula is C41H28BClN3O-. The maximum Gasteiger partial charge on any atom is 0.164 e. The highest BCUT2D eigenvalue weighted by atomic mass is 35.5. The fraction of sp³-hybridized carbons (Fsp3) is 0. The van der Waals surface area contributed by atoms with Crippen LogP contribution in [0.3, 0.4) is 0 Å². The molecule has 0 atom stereocenters. The monoisotopic (exact) mass is 624 g/mol. The van der Waals surface area contributed by atoms with Gasteiger partial charge < -0.3 is 4.42 Å². The van der Waals surface area contributed by atoms with Gasteiger partial charge in [-0.15, -0.1) is 0 Å². The summed E-state index contributed by atoms with van der Waals surface area (Å²) in [5, 5.41) is 7.28. The highest BCUT2D eigenvalue weighted by molar-refractivity contribution is 6.35. The Balaban J connectivity index is 0.00000324. The van der Waals surface area contributed by atoms with Gasteiger partial charge in [-0.3, -0.25) is 0 Å². The summed E-state index contributed by atoms with van der Waals surface area (Å²) in [5.41, 5.74) is 6.65. The first-order valence-electron chi connectivity index (χ1n) is 15.1. The highest BCUT2D eigenvalue weighted by Gasteiger charge is 2.17. The van der Waals surface area contributed by atoms with E-state index in [1.165, 1.54) is 0 Å². The van der Waals surface area contributed by atoms with Crippen LogP contribution >= 0.6 is 11.6 Å². The van der Waals surface area contributed by atoms with Crippen LogP contribution in [0.25, 0.3) is 88.8 Å². The molecule has 0 radical (unpaired) electrons. The Bertz CT molecular complexity index is 2540. The van der Waals surface area contributed by atoms with Gasteiger partial charge in [-0.1, -0.05) is 135 Å². The van der Waals surface area contributed by atoms with E-state index in [4.69, 9.17) is 31.0 Å². The average Bonchev–Trinajstić information content (AvgIpc) is 3.52. The molecule has 2 aromatic heterocycles. The van der Waals surface area contributed by atoms with Crippen LogP contribution in [0, 0.1) is 0 Å². The number of furan rings is 1. The van der Waals surface area contributed by atoms with E-state index in [-0.39, 0.29) is 8.41 Å². The second-order valence-electron chi connectivity index (χ2n) is 11.4. The average molecular weight is 625 g/mol. The van der Waals surface area contributed by atoms with E-state index in [9.17, 15) is 0 Å². The summed E-state index contributed by atoms with van der Waals surface area (Å²) < 4.78 is 6.54. The Kier molecular flexibility index (Phi) is 7.04. The largest absolute Gasteiger partial charge is 0.455 e. The summed E-state index contributed by atoms with van der Waals surface area (Å²) in [6, 6.07) is 49.3. The number of aromatic nitrogens is 3. The van der Waals surface area contributed by atoms with E-state index in [1.807, 2.05) is 91.0 Å². The number of hydrogen-bond acceptors (Lipinski definition) is 4. The van der Waals surface area contributed by atoms with Gasteiger partial charge in [0, 0.05) is 37.9 Å². The number of hydrogen-bond donors (Lipinski definition) is 0. The maximum atomic E-state index is 6.54. The Morgan fingerprint density at radius 3 is 1.68 bits per heavy atom. The molecule has 4 nitrogen and oxygen atoms in total. The standard InChI is InChI=1S/C41H24ClN3O.BH4/c42-30-19-21-31-32-20-18-28(23-35(32)38-37(34(31)24-30)33-16-7-8-17-36(33)46-38)27-14-9-15-29(22-27)41-44-39(25-10-3-1-4-11-25)43-40(45-41)26-12-5-2-6-13-26;/h1-24H;1H4/q;-1. The third-order valence-electron chi connectivity index (χ3n) is 8.55. The molecule has 0 aliphatic carbocycles. The molecule has 0 amide bonds. The summed E-state index contributed by atoms with van der Waals surface area (Å²) >= 11 is 6.50. The molecule has 6 heteroatoms. The van der Waals surface area contributed by atoms with Gasteiger partial charge >= 0.3 is 0 Å². The molecule has 7 aromatic carbocycles. The molecule has 0 N–H and O–H groups in total. The van der Waals surface area contributed by atoms with Crippen molar-refractivity contribution in [2.75, 3.05) is 0 Å². The molecule has 9 aromatic rings.